The molecule has 0 saturated heterocycles. The molecular formula is C9H14NO+. The summed E-state index contributed by atoms with van der Waals surface area (Å²) in [6, 6.07) is 8.08. The molecule has 4 N–H and O–H groups in total. The first-order chi connectivity index (χ1) is 5.24. The largest absolute Gasteiger partial charge is 0.390 e. The second-order valence-corrected chi connectivity index (χ2v) is 2.79. The summed E-state index contributed by atoms with van der Waals surface area (Å²) in [4.78, 5) is 0. The van der Waals surface area contributed by atoms with Gasteiger partial charge in [0.15, 0.2) is 0 Å². The predicted molar refractivity (Wildman–Crippen MR) is 43.9 cm³/mol. The number of aliphatic hydroxyl groups is 1. The van der Waals surface area contributed by atoms with Crippen molar-refractivity contribution in [1.29, 1.82) is 0 Å². The van der Waals surface area contributed by atoms with Gasteiger partial charge in [-0.25, -0.2) is 0 Å². The molecular weight excluding hydrogens is 138 g/mol. The van der Waals surface area contributed by atoms with E-state index in [0.29, 0.717) is 0 Å². The average Bonchev–Trinajstić information content (AvgIpc) is 2.05. The van der Waals surface area contributed by atoms with Gasteiger partial charge in [0, 0.05) is 5.56 Å². The highest BCUT2D eigenvalue weighted by Crippen LogP contribution is 2.08. The van der Waals surface area contributed by atoms with Crippen molar-refractivity contribution in [3.05, 3.63) is 35.4 Å². The van der Waals surface area contributed by atoms with Crippen LogP contribution in [0, 0.1) is 6.92 Å². The normalized spacial score (nSPS) is 13.0. The Morgan fingerprint density at radius 1 is 1.36 bits per heavy atom. The topological polar surface area (TPSA) is 47.9 Å². The summed E-state index contributed by atoms with van der Waals surface area (Å²) in [7, 11) is 0. The molecule has 0 spiro atoms. The van der Waals surface area contributed by atoms with E-state index >= 15 is 0 Å². The fraction of sp³-hybridized carbons (Fsp3) is 0.333. The zero-order valence-corrected chi connectivity index (χ0v) is 6.75. The van der Waals surface area contributed by atoms with Crippen LogP contribution in [0.5, 0.6) is 0 Å². The Morgan fingerprint density at radius 3 is 2.36 bits per heavy atom. The van der Waals surface area contributed by atoms with Crippen LogP contribution < -0.4 is 5.73 Å². The molecule has 2 heteroatoms. The molecule has 1 aromatic carbocycles. The maximum absolute atomic E-state index is 8.80. The van der Waals surface area contributed by atoms with E-state index in [9.17, 15) is 0 Å². The minimum Gasteiger partial charge on any atom is -0.390 e. The van der Waals surface area contributed by atoms with Crippen LogP contribution >= 0.6 is 0 Å². The maximum Gasteiger partial charge on any atom is 0.133 e. The predicted octanol–water partition coefficient (Wildman–Crippen LogP) is 0.270. The van der Waals surface area contributed by atoms with E-state index < -0.39 is 0 Å². The summed E-state index contributed by atoms with van der Waals surface area (Å²) < 4.78 is 0. The van der Waals surface area contributed by atoms with Crippen LogP contribution in [0.2, 0.25) is 0 Å². The Kier molecular flexibility index (Phi) is 2.63. The third-order valence-corrected chi connectivity index (χ3v) is 1.77. The van der Waals surface area contributed by atoms with E-state index in [2.05, 4.69) is 5.73 Å². The van der Waals surface area contributed by atoms with E-state index in [1.807, 2.05) is 31.2 Å². The number of quaternary nitrogens is 1. The molecule has 0 saturated carbocycles. The molecule has 11 heavy (non-hydrogen) atoms. The molecule has 2 nitrogen and oxygen atoms in total. The molecule has 0 amide bonds. The third kappa shape index (κ3) is 2.03. The molecule has 1 aromatic rings. The second kappa shape index (κ2) is 3.51. The lowest BCUT2D eigenvalue weighted by Gasteiger charge is -2.04. The van der Waals surface area contributed by atoms with E-state index in [-0.39, 0.29) is 12.6 Å². The first-order valence-electron chi connectivity index (χ1n) is 3.74. The van der Waals surface area contributed by atoms with Crippen LogP contribution in [-0.2, 0) is 0 Å². The average molecular weight is 152 g/mol. The van der Waals surface area contributed by atoms with E-state index in [1.165, 1.54) is 5.56 Å². The van der Waals surface area contributed by atoms with Crippen LogP contribution in [0.4, 0.5) is 0 Å². The van der Waals surface area contributed by atoms with Gasteiger partial charge >= 0.3 is 0 Å². The van der Waals surface area contributed by atoms with Gasteiger partial charge in [-0.1, -0.05) is 29.8 Å². The molecule has 60 valence electrons. The summed E-state index contributed by atoms with van der Waals surface area (Å²) in [5, 5.41) is 8.80. The minimum absolute atomic E-state index is 0.00981. The molecule has 1 rings (SSSR count). The van der Waals surface area contributed by atoms with Gasteiger partial charge in [-0.2, -0.15) is 0 Å². The van der Waals surface area contributed by atoms with Crippen molar-refractivity contribution in [2.45, 2.75) is 13.0 Å². The molecule has 0 fully saturated rings. The van der Waals surface area contributed by atoms with Gasteiger partial charge in [0.1, 0.15) is 6.04 Å². The fourth-order valence-corrected chi connectivity index (χ4v) is 0.944. The van der Waals surface area contributed by atoms with Gasteiger partial charge in [-0.15, -0.1) is 0 Å². The Hall–Kier alpha value is -0.860. The van der Waals surface area contributed by atoms with Gasteiger partial charge in [0.05, 0.1) is 6.61 Å². The fourth-order valence-electron chi connectivity index (χ4n) is 0.944. The molecule has 0 unspecified atom stereocenters. The van der Waals surface area contributed by atoms with E-state index in [1.54, 1.807) is 0 Å². The highest BCUT2D eigenvalue weighted by Gasteiger charge is 2.05. The van der Waals surface area contributed by atoms with Crippen LogP contribution in [0.1, 0.15) is 17.2 Å². The smallest absolute Gasteiger partial charge is 0.133 e. The first-order valence-corrected chi connectivity index (χ1v) is 3.74. The Bertz CT molecular complexity index is 218. The summed E-state index contributed by atoms with van der Waals surface area (Å²) in [5.74, 6) is 0. The lowest BCUT2D eigenvalue weighted by Crippen LogP contribution is -2.55. The zero-order chi connectivity index (χ0) is 8.27. The number of benzene rings is 1. The molecule has 0 aromatic heterocycles. The Labute approximate surface area is 66.7 Å². The second-order valence-electron chi connectivity index (χ2n) is 2.79. The zero-order valence-electron chi connectivity index (χ0n) is 6.75. The molecule has 1 atom stereocenters. The van der Waals surface area contributed by atoms with Gasteiger partial charge in [0.2, 0.25) is 0 Å². The third-order valence-electron chi connectivity index (χ3n) is 1.77. The molecule has 0 heterocycles. The highest BCUT2D eigenvalue weighted by atomic mass is 16.3. The summed E-state index contributed by atoms with van der Waals surface area (Å²) in [6.45, 7) is 2.16. The number of aliphatic hydroxyl groups excluding tert-OH is 1. The van der Waals surface area contributed by atoms with Crippen LogP contribution in [0.25, 0.3) is 0 Å². The van der Waals surface area contributed by atoms with Crippen molar-refractivity contribution in [3.63, 3.8) is 0 Å². The summed E-state index contributed by atoms with van der Waals surface area (Å²) in [5.41, 5.74) is 6.14. The van der Waals surface area contributed by atoms with Crippen molar-refractivity contribution in [1.82, 2.24) is 0 Å². The van der Waals surface area contributed by atoms with Crippen molar-refractivity contribution >= 4 is 0 Å². The van der Waals surface area contributed by atoms with Gasteiger partial charge < -0.3 is 10.8 Å². The van der Waals surface area contributed by atoms with Crippen molar-refractivity contribution < 1.29 is 10.8 Å². The summed E-state index contributed by atoms with van der Waals surface area (Å²) in [6.07, 6.45) is 0. The van der Waals surface area contributed by atoms with Crippen LogP contribution in [-0.4, -0.2) is 11.7 Å². The van der Waals surface area contributed by atoms with Crippen molar-refractivity contribution in [3.8, 4) is 0 Å². The number of rotatable bonds is 2. The molecule has 0 bridgehead atoms. The van der Waals surface area contributed by atoms with Gasteiger partial charge in [-0.05, 0) is 6.92 Å². The number of hydrogen-bond acceptors (Lipinski definition) is 1. The van der Waals surface area contributed by atoms with Gasteiger partial charge in [0.25, 0.3) is 0 Å². The quantitative estimate of drug-likeness (QED) is 0.628. The lowest BCUT2D eigenvalue weighted by molar-refractivity contribution is -0.432. The first kappa shape index (κ1) is 8.24. The minimum atomic E-state index is 0.00981. The van der Waals surface area contributed by atoms with Crippen molar-refractivity contribution in [2.24, 2.45) is 0 Å². The standard InChI is InChI=1S/C9H13NO/c1-7-2-4-8(5-3-7)9(10)6-11/h2-5,9,11H,6,10H2,1H3/p+1/t9-/m1/s1. The van der Waals surface area contributed by atoms with Crippen molar-refractivity contribution in [2.75, 3.05) is 6.61 Å². The van der Waals surface area contributed by atoms with Crippen LogP contribution in [0.3, 0.4) is 0 Å². The Morgan fingerprint density at radius 2 is 1.91 bits per heavy atom. The molecule has 0 aliphatic carbocycles. The molecule has 0 aliphatic rings. The maximum atomic E-state index is 8.80. The van der Waals surface area contributed by atoms with Crippen LogP contribution in [0.15, 0.2) is 24.3 Å². The SMILES string of the molecule is Cc1ccc([C@H]([NH3+])CO)cc1. The highest BCUT2D eigenvalue weighted by molar-refractivity contribution is 5.22. The summed E-state index contributed by atoms with van der Waals surface area (Å²) >= 11 is 0. The monoisotopic (exact) mass is 152 g/mol. The lowest BCUT2D eigenvalue weighted by atomic mass is 10.1. The molecule has 0 aliphatic heterocycles. The number of hydrogen-bond donors (Lipinski definition) is 2. The molecule has 0 radical (unpaired) electrons. The number of aryl methyl sites for hydroxylation is 1. The van der Waals surface area contributed by atoms with E-state index in [4.69, 9.17) is 5.11 Å². The van der Waals surface area contributed by atoms with Gasteiger partial charge in [-0.3, -0.25) is 0 Å². The van der Waals surface area contributed by atoms with E-state index in [0.717, 1.165) is 5.56 Å². The Balaban J connectivity index is 2.81.